The highest BCUT2D eigenvalue weighted by atomic mass is 35.5. The van der Waals surface area contributed by atoms with Crippen molar-refractivity contribution in [3.05, 3.63) is 30.6 Å². The number of nitrogens with zero attached hydrogens (tertiary/aromatic N) is 2. The third-order valence-corrected chi connectivity index (χ3v) is 2.23. The molecule has 1 unspecified atom stereocenters. The van der Waals surface area contributed by atoms with E-state index in [0.29, 0.717) is 5.95 Å². The van der Waals surface area contributed by atoms with Gasteiger partial charge in [0.05, 0.1) is 11.7 Å². The van der Waals surface area contributed by atoms with E-state index in [1.54, 1.807) is 17.5 Å². The van der Waals surface area contributed by atoms with E-state index in [1.165, 1.54) is 0 Å². The summed E-state index contributed by atoms with van der Waals surface area (Å²) in [6.07, 6.45) is 3.52. The molecule has 0 fully saturated rings. The molecule has 2 aromatic rings. The molecule has 1 atom stereocenters. The maximum atomic E-state index is 11.4. The summed E-state index contributed by atoms with van der Waals surface area (Å²) in [4.78, 5) is 15.4. The van der Waals surface area contributed by atoms with E-state index in [2.05, 4.69) is 10.3 Å². The van der Waals surface area contributed by atoms with Crippen LogP contribution in [0.25, 0.3) is 5.52 Å². The number of pyridine rings is 1. The van der Waals surface area contributed by atoms with Crippen LogP contribution in [0.5, 0.6) is 0 Å². The van der Waals surface area contributed by atoms with Crippen LogP contribution in [-0.2, 0) is 4.79 Å². The van der Waals surface area contributed by atoms with Crippen molar-refractivity contribution in [1.82, 2.24) is 9.38 Å². The number of carbonyl (C=O) groups is 1. The first-order valence-corrected chi connectivity index (χ1v) is 4.99. The molecule has 2 aromatic heterocycles. The van der Waals surface area contributed by atoms with Crippen LogP contribution in [0.3, 0.4) is 0 Å². The van der Waals surface area contributed by atoms with E-state index in [-0.39, 0.29) is 5.91 Å². The van der Waals surface area contributed by atoms with E-state index in [1.807, 2.05) is 24.4 Å². The molecule has 0 saturated heterocycles. The van der Waals surface area contributed by atoms with Gasteiger partial charge in [0.25, 0.3) is 0 Å². The van der Waals surface area contributed by atoms with Gasteiger partial charge < -0.3 is 0 Å². The lowest BCUT2D eigenvalue weighted by Gasteiger charge is -2.04. The largest absolute Gasteiger partial charge is 0.294 e. The van der Waals surface area contributed by atoms with Crippen molar-refractivity contribution in [3.63, 3.8) is 0 Å². The van der Waals surface area contributed by atoms with Crippen LogP contribution in [-0.4, -0.2) is 20.7 Å². The van der Waals surface area contributed by atoms with Gasteiger partial charge in [0, 0.05) is 6.20 Å². The fourth-order valence-electron chi connectivity index (χ4n) is 1.25. The lowest BCUT2D eigenvalue weighted by atomic mass is 10.4. The van der Waals surface area contributed by atoms with Crippen LogP contribution < -0.4 is 5.32 Å². The number of fused-ring (bicyclic) bond motifs is 1. The predicted molar refractivity (Wildman–Crippen MR) is 59.1 cm³/mol. The maximum absolute atomic E-state index is 11.4. The first-order valence-electron chi connectivity index (χ1n) is 4.55. The Morgan fingerprint density at radius 2 is 2.40 bits per heavy atom. The van der Waals surface area contributed by atoms with Gasteiger partial charge in [0.2, 0.25) is 11.9 Å². The van der Waals surface area contributed by atoms with Gasteiger partial charge in [0.1, 0.15) is 5.38 Å². The lowest BCUT2D eigenvalue weighted by molar-refractivity contribution is -0.115. The van der Waals surface area contributed by atoms with Crippen molar-refractivity contribution >= 4 is 29.0 Å². The molecule has 0 saturated carbocycles. The molecule has 5 heteroatoms. The molecule has 78 valence electrons. The smallest absolute Gasteiger partial charge is 0.244 e. The van der Waals surface area contributed by atoms with Crippen LogP contribution in [0.4, 0.5) is 5.95 Å². The van der Waals surface area contributed by atoms with E-state index in [4.69, 9.17) is 11.6 Å². The fourth-order valence-corrected chi connectivity index (χ4v) is 1.30. The monoisotopic (exact) mass is 223 g/mol. The molecule has 0 radical (unpaired) electrons. The zero-order valence-corrected chi connectivity index (χ0v) is 8.90. The second-order valence-corrected chi connectivity index (χ2v) is 3.84. The standard InChI is InChI=1S/C10H10ClN3O/c1-7(11)9(15)13-10-12-6-8-4-2-3-5-14(8)10/h2-7H,1H3,(H,12,13,15). The van der Waals surface area contributed by atoms with Gasteiger partial charge in [-0.05, 0) is 19.1 Å². The summed E-state index contributed by atoms with van der Waals surface area (Å²) in [6.45, 7) is 1.62. The van der Waals surface area contributed by atoms with Crippen molar-refractivity contribution in [3.8, 4) is 0 Å². The minimum Gasteiger partial charge on any atom is -0.294 e. The number of carbonyl (C=O) groups excluding carboxylic acids is 1. The number of hydrogen-bond acceptors (Lipinski definition) is 2. The summed E-state index contributed by atoms with van der Waals surface area (Å²) in [5, 5.41) is 2.08. The van der Waals surface area contributed by atoms with Crippen molar-refractivity contribution in [2.45, 2.75) is 12.3 Å². The summed E-state index contributed by atoms with van der Waals surface area (Å²) in [5.74, 6) is 0.233. The molecule has 0 aliphatic heterocycles. The number of alkyl halides is 1. The average Bonchev–Trinajstić information content (AvgIpc) is 2.62. The number of amides is 1. The van der Waals surface area contributed by atoms with Gasteiger partial charge >= 0.3 is 0 Å². The topological polar surface area (TPSA) is 46.4 Å². The molecule has 0 aliphatic carbocycles. The third-order valence-electron chi connectivity index (χ3n) is 2.03. The zero-order valence-electron chi connectivity index (χ0n) is 8.14. The summed E-state index contributed by atoms with van der Waals surface area (Å²) >= 11 is 5.65. The highest BCUT2D eigenvalue weighted by molar-refractivity contribution is 6.32. The molecule has 2 rings (SSSR count). The molecule has 15 heavy (non-hydrogen) atoms. The second-order valence-electron chi connectivity index (χ2n) is 3.18. The van der Waals surface area contributed by atoms with Crippen molar-refractivity contribution in [2.24, 2.45) is 0 Å². The van der Waals surface area contributed by atoms with Crippen LogP contribution >= 0.6 is 11.6 Å². The van der Waals surface area contributed by atoms with Gasteiger partial charge in [0.15, 0.2) is 0 Å². The normalized spacial score (nSPS) is 12.7. The van der Waals surface area contributed by atoms with Gasteiger partial charge in [-0.25, -0.2) is 4.98 Å². The minimum atomic E-state index is -0.568. The number of halogens is 1. The number of anilines is 1. The molecular formula is C10H10ClN3O. The highest BCUT2D eigenvalue weighted by Crippen LogP contribution is 2.11. The van der Waals surface area contributed by atoms with Gasteiger partial charge in [-0.3, -0.25) is 14.5 Å². The predicted octanol–water partition coefficient (Wildman–Crippen LogP) is 1.90. The Morgan fingerprint density at radius 3 is 3.13 bits per heavy atom. The third kappa shape index (κ3) is 1.94. The molecule has 0 spiro atoms. The van der Waals surface area contributed by atoms with E-state index >= 15 is 0 Å². The Morgan fingerprint density at radius 1 is 1.60 bits per heavy atom. The van der Waals surface area contributed by atoms with E-state index in [9.17, 15) is 4.79 Å². The van der Waals surface area contributed by atoms with Gasteiger partial charge in [-0.1, -0.05) is 6.07 Å². The SMILES string of the molecule is CC(Cl)C(=O)Nc1ncc2ccccn12. The Balaban J connectivity index is 2.33. The molecule has 0 aliphatic rings. The first kappa shape index (κ1) is 9.98. The number of rotatable bonds is 2. The molecule has 1 amide bonds. The second kappa shape index (κ2) is 3.90. The summed E-state index contributed by atoms with van der Waals surface area (Å²) < 4.78 is 1.79. The fraction of sp³-hybridized carbons (Fsp3) is 0.200. The summed E-state index contributed by atoms with van der Waals surface area (Å²) in [7, 11) is 0. The first-order chi connectivity index (χ1) is 7.18. The van der Waals surface area contributed by atoms with Crippen LogP contribution in [0, 0.1) is 0 Å². The zero-order chi connectivity index (χ0) is 10.8. The maximum Gasteiger partial charge on any atom is 0.244 e. The average molecular weight is 224 g/mol. The molecule has 4 nitrogen and oxygen atoms in total. The van der Waals surface area contributed by atoms with Crippen LogP contribution in [0.2, 0.25) is 0 Å². The number of nitrogens with one attached hydrogen (secondary N) is 1. The summed E-state index contributed by atoms with van der Waals surface area (Å²) in [5.41, 5.74) is 0.926. The Labute approximate surface area is 91.9 Å². The Hall–Kier alpha value is -1.55. The van der Waals surface area contributed by atoms with Crippen LogP contribution in [0.15, 0.2) is 30.6 Å². The quantitative estimate of drug-likeness (QED) is 0.791. The lowest BCUT2D eigenvalue weighted by Crippen LogP contribution is -2.21. The minimum absolute atomic E-state index is 0.256. The molecular weight excluding hydrogens is 214 g/mol. The highest BCUT2D eigenvalue weighted by Gasteiger charge is 2.11. The summed E-state index contributed by atoms with van der Waals surface area (Å²) in [6, 6.07) is 5.69. The van der Waals surface area contributed by atoms with Gasteiger partial charge in [-0.15, -0.1) is 11.6 Å². The van der Waals surface area contributed by atoms with E-state index < -0.39 is 5.38 Å². The number of aromatic nitrogens is 2. The molecule has 0 bridgehead atoms. The van der Waals surface area contributed by atoms with Crippen molar-refractivity contribution in [2.75, 3.05) is 5.32 Å². The molecule has 2 heterocycles. The Kier molecular flexibility index (Phi) is 2.60. The van der Waals surface area contributed by atoms with Crippen molar-refractivity contribution < 1.29 is 4.79 Å². The molecule has 1 N–H and O–H groups in total. The van der Waals surface area contributed by atoms with Gasteiger partial charge in [-0.2, -0.15) is 0 Å². The van der Waals surface area contributed by atoms with Crippen LogP contribution in [0.1, 0.15) is 6.92 Å². The number of imidazole rings is 1. The Bertz CT molecular complexity index is 492. The van der Waals surface area contributed by atoms with Crippen molar-refractivity contribution in [1.29, 1.82) is 0 Å². The molecule has 0 aromatic carbocycles. The van der Waals surface area contributed by atoms with E-state index in [0.717, 1.165) is 5.52 Å². The number of hydrogen-bond donors (Lipinski definition) is 1.